The molecule has 2 aromatic rings. The number of anilines is 2. The van der Waals surface area contributed by atoms with Gasteiger partial charge in [-0.2, -0.15) is 0 Å². The average Bonchev–Trinajstić information content (AvgIpc) is 3.16. The average molecular weight is 337 g/mol. The zero-order chi connectivity index (χ0) is 17.6. The number of hydrogen-bond acceptors (Lipinski definition) is 3. The van der Waals surface area contributed by atoms with Crippen LogP contribution in [0.5, 0.6) is 0 Å². The highest BCUT2D eigenvalue weighted by atomic mass is 16.2. The Morgan fingerprint density at radius 3 is 2.36 bits per heavy atom. The summed E-state index contributed by atoms with van der Waals surface area (Å²) >= 11 is 0. The zero-order valence-electron chi connectivity index (χ0n) is 14.4. The molecule has 0 spiro atoms. The van der Waals surface area contributed by atoms with E-state index in [2.05, 4.69) is 10.6 Å². The molecule has 25 heavy (non-hydrogen) atoms. The molecule has 1 saturated heterocycles. The van der Waals surface area contributed by atoms with Gasteiger partial charge in [0, 0.05) is 30.0 Å². The van der Waals surface area contributed by atoms with Gasteiger partial charge < -0.3 is 15.5 Å². The highest BCUT2D eigenvalue weighted by Gasteiger charge is 2.23. The lowest BCUT2D eigenvalue weighted by Crippen LogP contribution is -2.39. The van der Waals surface area contributed by atoms with Crippen molar-refractivity contribution in [1.82, 2.24) is 4.90 Å². The Kier molecular flexibility index (Phi) is 5.33. The lowest BCUT2D eigenvalue weighted by molar-refractivity contribution is -0.130. The Morgan fingerprint density at radius 2 is 1.64 bits per heavy atom. The van der Waals surface area contributed by atoms with Gasteiger partial charge in [0.25, 0.3) is 5.91 Å². The summed E-state index contributed by atoms with van der Waals surface area (Å²) in [7, 11) is 0. The normalized spacial score (nSPS) is 14.8. The first-order valence-electron chi connectivity index (χ1n) is 8.65. The molecule has 5 heteroatoms. The maximum atomic E-state index is 12.4. The maximum absolute atomic E-state index is 12.4. The van der Waals surface area contributed by atoms with Crippen molar-refractivity contribution in [2.24, 2.45) is 0 Å². The molecule has 2 N–H and O–H groups in total. The first kappa shape index (κ1) is 17.0. The van der Waals surface area contributed by atoms with Crippen LogP contribution in [0.2, 0.25) is 0 Å². The van der Waals surface area contributed by atoms with Crippen LogP contribution in [0.25, 0.3) is 0 Å². The van der Waals surface area contributed by atoms with Gasteiger partial charge in [-0.05, 0) is 50.1 Å². The number of nitrogens with zero attached hydrogens (tertiary/aromatic N) is 1. The van der Waals surface area contributed by atoms with Crippen LogP contribution < -0.4 is 10.6 Å². The lowest BCUT2D eigenvalue weighted by Gasteiger charge is -2.22. The number of amides is 2. The molecule has 5 nitrogen and oxygen atoms in total. The second-order valence-electron chi connectivity index (χ2n) is 6.30. The summed E-state index contributed by atoms with van der Waals surface area (Å²) in [6.07, 6.45) is 2.17. The van der Waals surface area contributed by atoms with E-state index >= 15 is 0 Å². The summed E-state index contributed by atoms with van der Waals surface area (Å²) < 4.78 is 0. The summed E-state index contributed by atoms with van der Waals surface area (Å²) in [5.74, 6) is -0.0323. The number of carbonyl (C=O) groups is 2. The number of carbonyl (C=O) groups excluding carboxylic acids is 2. The minimum atomic E-state index is -0.293. The monoisotopic (exact) mass is 337 g/mol. The van der Waals surface area contributed by atoms with Gasteiger partial charge in [-0.1, -0.05) is 24.3 Å². The molecule has 2 amide bonds. The van der Waals surface area contributed by atoms with Crippen molar-refractivity contribution in [3.63, 3.8) is 0 Å². The van der Waals surface area contributed by atoms with Crippen molar-refractivity contribution in [2.75, 3.05) is 23.7 Å². The van der Waals surface area contributed by atoms with Gasteiger partial charge in [-0.15, -0.1) is 0 Å². The minimum Gasteiger partial charge on any atom is -0.374 e. The van der Waals surface area contributed by atoms with Crippen LogP contribution in [-0.2, 0) is 4.79 Å². The molecule has 1 atom stereocenters. The molecular weight excluding hydrogens is 314 g/mol. The molecular formula is C20H23N3O2. The minimum absolute atomic E-state index is 0.122. The van der Waals surface area contributed by atoms with Gasteiger partial charge in [-0.3, -0.25) is 9.59 Å². The topological polar surface area (TPSA) is 61.4 Å². The molecule has 0 bridgehead atoms. The van der Waals surface area contributed by atoms with E-state index in [-0.39, 0.29) is 17.9 Å². The van der Waals surface area contributed by atoms with Crippen molar-refractivity contribution in [2.45, 2.75) is 25.8 Å². The van der Waals surface area contributed by atoms with Crippen LogP contribution in [0.1, 0.15) is 30.1 Å². The molecule has 3 rings (SSSR count). The molecule has 0 aromatic heterocycles. The van der Waals surface area contributed by atoms with E-state index in [1.54, 1.807) is 12.1 Å². The molecule has 1 aliphatic rings. The number of rotatable bonds is 5. The second kappa shape index (κ2) is 7.83. The van der Waals surface area contributed by atoms with Gasteiger partial charge >= 0.3 is 0 Å². The van der Waals surface area contributed by atoms with E-state index in [0.29, 0.717) is 11.3 Å². The summed E-state index contributed by atoms with van der Waals surface area (Å²) in [6, 6.07) is 16.2. The predicted octanol–water partition coefficient (Wildman–Crippen LogP) is 3.36. The molecule has 0 saturated carbocycles. The van der Waals surface area contributed by atoms with E-state index in [0.717, 1.165) is 31.6 Å². The first-order chi connectivity index (χ1) is 12.1. The van der Waals surface area contributed by atoms with Crippen LogP contribution >= 0.6 is 0 Å². The molecule has 130 valence electrons. The van der Waals surface area contributed by atoms with Gasteiger partial charge in [0.15, 0.2) is 0 Å². The largest absolute Gasteiger partial charge is 0.374 e. The first-order valence-corrected chi connectivity index (χ1v) is 8.65. The van der Waals surface area contributed by atoms with E-state index in [4.69, 9.17) is 0 Å². The fourth-order valence-corrected chi connectivity index (χ4v) is 3.00. The summed E-state index contributed by atoms with van der Waals surface area (Å²) in [5, 5.41) is 6.11. The molecule has 2 aromatic carbocycles. The van der Waals surface area contributed by atoms with E-state index in [9.17, 15) is 9.59 Å². The van der Waals surface area contributed by atoms with Crippen LogP contribution in [0.3, 0.4) is 0 Å². The summed E-state index contributed by atoms with van der Waals surface area (Å²) in [4.78, 5) is 26.5. The van der Waals surface area contributed by atoms with Crippen molar-refractivity contribution >= 4 is 23.2 Å². The lowest BCUT2D eigenvalue weighted by atomic mass is 10.2. The molecule has 1 heterocycles. The van der Waals surface area contributed by atoms with Crippen LogP contribution in [0, 0.1) is 0 Å². The van der Waals surface area contributed by atoms with E-state index < -0.39 is 0 Å². The van der Waals surface area contributed by atoms with Crippen LogP contribution in [0.4, 0.5) is 11.4 Å². The number of likely N-dealkylation sites (tertiary alicyclic amines) is 1. The molecule has 1 aliphatic heterocycles. The Hall–Kier alpha value is -2.82. The third kappa shape index (κ3) is 4.38. The van der Waals surface area contributed by atoms with Gasteiger partial charge in [-0.25, -0.2) is 0 Å². The Morgan fingerprint density at radius 1 is 0.960 bits per heavy atom. The molecule has 1 unspecified atom stereocenters. The smallest absolute Gasteiger partial charge is 0.255 e. The Bertz CT molecular complexity index is 740. The van der Waals surface area contributed by atoms with Crippen LogP contribution in [-0.4, -0.2) is 35.8 Å². The highest BCUT2D eigenvalue weighted by molar-refractivity contribution is 6.04. The fourth-order valence-electron chi connectivity index (χ4n) is 3.00. The SMILES string of the molecule is CC(Nc1cccc(NC(=O)c2ccccc2)c1)C(=O)N1CCCC1. The summed E-state index contributed by atoms with van der Waals surface area (Å²) in [5.41, 5.74) is 2.11. The zero-order valence-corrected chi connectivity index (χ0v) is 14.4. The standard InChI is InChI=1S/C20H23N3O2/c1-15(20(25)23-12-5-6-13-23)21-17-10-7-11-18(14-17)22-19(24)16-8-3-2-4-9-16/h2-4,7-11,14-15,21H,5-6,12-13H2,1H3,(H,22,24). The number of nitrogens with one attached hydrogen (secondary N) is 2. The van der Waals surface area contributed by atoms with Crippen molar-refractivity contribution < 1.29 is 9.59 Å². The fraction of sp³-hybridized carbons (Fsp3) is 0.300. The Labute approximate surface area is 148 Å². The van der Waals surface area contributed by atoms with E-state index in [1.165, 1.54) is 0 Å². The highest BCUT2D eigenvalue weighted by Crippen LogP contribution is 2.18. The quantitative estimate of drug-likeness (QED) is 0.879. The second-order valence-corrected chi connectivity index (χ2v) is 6.30. The third-order valence-corrected chi connectivity index (χ3v) is 4.33. The Balaban J connectivity index is 1.63. The molecule has 1 fully saturated rings. The van der Waals surface area contributed by atoms with Crippen LogP contribution in [0.15, 0.2) is 54.6 Å². The van der Waals surface area contributed by atoms with Crippen molar-refractivity contribution in [3.8, 4) is 0 Å². The number of benzene rings is 2. The molecule has 0 aliphatic carbocycles. The van der Waals surface area contributed by atoms with Gasteiger partial charge in [0.05, 0.1) is 0 Å². The van der Waals surface area contributed by atoms with Gasteiger partial charge in [0.1, 0.15) is 6.04 Å². The van der Waals surface area contributed by atoms with E-state index in [1.807, 2.05) is 54.3 Å². The van der Waals surface area contributed by atoms with Crippen molar-refractivity contribution in [1.29, 1.82) is 0 Å². The number of hydrogen-bond donors (Lipinski definition) is 2. The molecule has 0 radical (unpaired) electrons. The predicted molar refractivity (Wildman–Crippen MR) is 99.7 cm³/mol. The van der Waals surface area contributed by atoms with Gasteiger partial charge in [0.2, 0.25) is 5.91 Å². The van der Waals surface area contributed by atoms with Crippen molar-refractivity contribution in [3.05, 3.63) is 60.2 Å². The third-order valence-electron chi connectivity index (χ3n) is 4.33. The summed E-state index contributed by atoms with van der Waals surface area (Å²) in [6.45, 7) is 3.56. The maximum Gasteiger partial charge on any atom is 0.255 e.